The van der Waals surface area contributed by atoms with E-state index >= 15 is 0 Å². The largest absolute Gasteiger partial charge is 0.391 e. The van der Waals surface area contributed by atoms with Gasteiger partial charge in [-0.15, -0.1) is 0 Å². The lowest BCUT2D eigenvalue weighted by Crippen LogP contribution is -2.56. The molecule has 1 aromatic carbocycles. The van der Waals surface area contributed by atoms with Crippen LogP contribution in [0.25, 0.3) is 0 Å². The zero-order valence-electron chi connectivity index (χ0n) is 12.9. The zero-order valence-corrected chi connectivity index (χ0v) is 12.9. The van der Waals surface area contributed by atoms with Crippen molar-refractivity contribution in [3.8, 4) is 0 Å². The Bertz CT molecular complexity index is 474. The Kier molecular flexibility index (Phi) is 5.33. The van der Waals surface area contributed by atoms with Crippen LogP contribution in [-0.2, 0) is 6.42 Å². The number of aliphatic hydroxyl groups excluding tert-OH is 1. The lowest BCUT2D eigenvalue weighted by Gasteiger charge is -2.46. The molecule has 4 heteroatoms. The molecule has 0 amide bonds. The Morgan fingerprint density at radius 3 is 2.52 bits per heavy atom. The quantitative estimate of drug-likeness (QED) is 0.899. The molecule has 1 fully saturated rings. The van der Waals surface area contributed by atoms with Gasteiger partial charge in [0.05, 0.1) is 6.10 Å². The van der Waals surface area contributed by atoms with E-state index < -0.39 is 17.7 Å². The summed E-state index contributed by atoms with van der Waals surface area (Å²) < 4.78 is 27.1. The van der Waals surface area contributed by atoms with Gasteiger partial charge in [-0.25, -0.2) is 8.78 Å². The molecule has 2 rings (SSSR count). The van der Waals surface area contributed by atoms with Gasteiger partial charge in [0.2, 0.25) is 0 Å². The van der Waals surface area contributed by atoms with Crippen LogP contribution >= 0.6 is 0 Å². The van der Waals surface area contributed by atoms with Crippen LogP contribution < -0.4 is 0 Å². The molecule has 0 aromatic heterocycles. The van der Waals surface area contributed by atoms with Crippen LogP contribution in [0, 0.1) is 11.6 Å². The molecular weight excluding hydrogens is 272 g/mol. The first kappa shape index (κ1) is 16.4. The molecule has 2 unspecified atom stereocenters. The Morgan fingerprint density at radius 1 is 1.24 bits per heavy atom. The number of halogens is 2. The number of hydrogen-bond acceptors (Lipinski definition) is 2. The van der Waals surface area contributed by atoms with Gasteiger partial charge in [-0.2, -0.15) is 0 Å². The predicted molar refractivity (Wildman–Crippen MR) is 80.2 cm³/mol. The number of aliphatic hydroxyl groups is 1. The third kappa shape index (κ3) is 3.43. The summed E-state index contributed by atoms with van der Waals surface area (Å²) in [4.78, 5) is 2.30. The fourth-order valence-corrected chi connectivity index (χ4v) is 3.21. The van der Waals surface area contributed by atoms with E-state index in [2.05, 4.69) is 4.90 Å². The number of hydrogen-bond donors (Lipinski definition) is 1. The highest BCUT2D eigenvalue weighted by Gasteiger charge is 2.38. The molecule has 1 aromatic rings. The summed E-state index contributed by atoms with van der Waals surface area (Å²) in [6.45, 7) is 6.00. The average Bonchev–Trinajstić information content (AvgIpc) is 2.51. The van der Waals surface area contributed by atoms with E-state index in [1.807, 2.05) is 13.8 Å². The fourth-order valence-electron chi connectivity index (χ4n) is 3.21. The Labute approximate surface area is 125 Å². The summed E-state index contributed by atoms with van der Waals surface area (Å²) in [7, 11) is 0. The van der Waals surface area contributed by atoms with E-state index in [4.69, 9.17) is 0 Å². The van der Waals surface area contributed by atoms with Gasteiger partial charge in [0.1, 0.15) is 0 Å². The molecule has 0 bridgehead atoms. The second-order valence-electron chi connectivity index (χ2n) is 6.19. The van der Waals surface area contributed by atoms with Crippen molar-refractivity contribution in [3.63, 3.8) is 0 Å². The topological polar surface area (TPSA) is 23.5 Å². The van der Waals surface area contributed by atoms with E-state index in [0.717, 1.165) is 38.4 Å². The molecule has 0 saturated carbocycles. The minimum absolute atomic E-state index is 0.143. The standard InChI is InChI=1S/C17H25F2NO/c1-3-17(2,20-10-5-4-6-11-20)15(21)12-13-8-7-9-14(18)16(13)19/h7-9,15,21H,3-6,10-12H2,1-2H3. The smallest absolute Gasteiger partial charge is 0.162 e. The average molecular weight is 297 g/mol. The van der Waals surface area contributed by atoms with E-state index in [0.29, 0.717) is 0 Å². The summed E-state index contributed by atoms with van der Waals surface area (Å²) in [5.41, 5.74) is -0.140. The molecule has 0 radical (unpaired) electrons. The van der Waals surface area contributed by atoms with Gasteiger partial charge in [0, 0.05) is 12.0 Å². The van der Waals surface area contributed by atoms with Gasteiger partial charge in [-0.05, 0) is 50.9 Å². The summed E-state index contributed by atoms with van der Waals surface area (Å²) >= 11 is 0. The second-order valence-corrected chi connectivity index (χ2v) is 6.19. The Hall–Kier alpha value is -1.00. The molecule has 1 N–H and O–H groups in total. The number of benzene rings is 1. The molecule has 0 spiro atoms. The normalized spacial score (nSPS) is 21.0. The summed E-state index contributed by atoms with van der Waals surface area (Å²) in [6, 6.07) is 4.15. The fraction of sp³-hybridized carbons (Fsp3) is 0.647. The molecule has 1 heterocycles. The maximum atomic E-state index is 13.8. The molecule has 1 saturated heterocycles. The highest BCUT2D eigenvalue weighted by atomic mass is 19.2. The van der Waals surface area contributed by atoms with Gasteiger partial charge in [0.25, 0.3) is 0 Å². The van der Waals surface area contributed by atoms with Crippen LogP contribution in [0.3, 0.4) is 0 Å². The molecule has 0 aliphatic carbocycles. The van der Waals surface area contributed by atoms with Crippen molar-refractivity contribution in [2.24, 2.45) is 0 Å². The molecule has 21 heavy (non-hydrogen) atoms. The molecular formula is C17H25F2NO. The lowest BCUT2D eigenvalue weighted by atomic mass is 9.84. The van der Waals surface area contributed by atoms with Crippen LogP contribution in [0.5, 0.6) is 0 Å². The van der Waals surface area contributed by atoms with Crippen LogP contribution in [0.2, 0.25) is 0 Å². The van der Waals surface area contributed by atoms with E-state index in [1.165, 1.54) is 12.5 Å². The third-order valence-electron chi connectivity index (χ3n) is 4.96. The number of nitrogens with zero attached hydrogens (tertiary/aromatic N) is 1. The summed E-state index contributed by atoms with van der Waals surface area (Å²) in [5.74, 6) is -1.69. The van der Waals surface area contributed by atoms with Crippen LogP contribution in [0.4, 0.5) is 8.78 Å². The van der Waals surface area contributed by atoms with Gasteiger partial charge < -0.3 is 5.11 Å². The van der Waals surface area contributed by atoms with E-state index in [9.17, 15) is 13.9 Å². The van der Waals surface area contributed by atoms with E-state index in [-0.39, 0.29) is 17.5 Å². The minimum atomic E-state index is -0.851. The first-order valence-corrected chi connectivity index (χ1v) is 7.85. The molecule has 2 nitrogen and oxygen atoms in total. The van der Waals surface area contributed by atoms with Crippen LogP contribution in [-0.4, -0.2) is 34.7 Å². The zero-order chi connectivity index (χ0) is 15.5. The highest BCUT2D eigenvalue weighted by molar-refractivity contribution is 5.20. The van der Waals surface area contributed by atoms with Gasteiger partial charge in [-0.3, -0.25) is 4.90 Å². The lowest BCUT2D eigenvalue weighted by molar-refractivity contribution is -0.0332. The van der Waals surface area contributed by atoms with Crippen molar-refractivity contribution in [3.05, 3.63) is 35.4 Å². The number of likely N-dealkylation sites (tertiary alicyclic amines) is 1. The highest BCUT2D eigenvalue weighted by Crippen LogP contribution is 2.29. The number of piperidine rings is 1. The maximum absolute atomic E-state index is 13.8. The third-order valence-corrected chi connectivity index (χ3v) is 4.96. The first-order valence-electron chi connectivity index (χ1n) is 7.85. The van der Waals surface area contributed by atoms with E-state index in [1.54, 1.807) is 6.07 Å². The summed E-state index contributed by atoms with van der Waals surface area (Å²) in [5, 5.41) is 10.7. The van der Waals surface area contributed by atoms with Crippen molar-refractivity contribution in [1.29, 1.82) is 0 Å². The van der Waals surface area contributed by atoms with Crippen molar-refractivity contribution < 1.29 is 13.9 Å². The second kappa shape index (κ2) is 6.84. The number of rotatable bonds is 5. The van der Waals surface area contributed by atoms with Crippen LogP contribution in [0.15, 0.2) is 18.2 Å². The summed E-state index contributed by atoms with van der Waals surface area (Å²) in [6.07, 6.45) is 3.71. The molecule has 2 atom stereocenters. The van der Waals surface area contributed by atoms with Gasteiger partial charge >= 0.3 is 0 Å². The predicted octanol–water partition coefficient (Wildman–Crippen LogP) is 3.52. The van der Waals surface area contributed by atoms with Crippen molar-refractivity contribution in [1.82, 2.24) is 4.90 Å². The molecule has 1 aliphatic heterocycles. The minimum Gasteiger partial charge on any atom is -0.391 e. The maximum Gasteiger partial charge on any atom is 0.162 e. The molecule has 118 valence electrons. The Morgan fingerprint density at radius 2 is 1.90 bits per heavy atom. The monoisotopic (exact) mass is 297 g/mol. The van der Waals surface area contributed by atoms with Gasteiger partial charge in [-0.1, -0.05) is 25.5 Å². The van der Waals surface area contributed by atoms with Crippen LogP contribution in [0.1, 0.15) is 45.1 Å². The SMILES string of the molecule is CCC(C)(C(O)Cc1cccc(F)c1F)N1CCCCC1. The Balaban J connectivity index is 2.15. The van der Waals surface area contributed by atoms with Crippen molar-refractivity contribution >= 4 is 0 Å². The van der Waals surface area contributed by atoms with Crippen molar-refractivity contribution in [2.45, 2.75) is 57.6 Å². The van der Waals surface area contributed by atoms with Gasteiger partial charge in [0.15, 0.2) is 11.6 Å². The first-order chi connectivity index (χ1) is 9.99. The molecule has 1 aliphatic rings. The van der Waals surface area contributed by atoms with Crippen molar-refractivity contribution in [2.75, 3.05) is 13.1 Å².